The highest BCUT2D eigenvalue weighted by molar-refractivity contribution is 5.94. The molecule has 3 rings (SSSR count). The van der Waals surface area contributed by atoms with Crippen molar-refractivity contribution in [2.75, 3.05) is 25.5 Å². The Balaban J connectivity index is 1.57. The van der Waals surface area contributed by atoms with Crippen molar-refractivity contribution in [1.29, 1.82) is 0 Å². The van der Waals surface area contributed by atoms with E-state index in [2.05, 4.69) is 10.3 Å². The predicted octanol–water partition coefficient (Wildman–Crippen LogP) is 2.04. The van der Waals surface area contributed by atoms with Gasteiger partial charge in [-0.15, -0.1) is 0 Å². The van der Waals surface area contributed by atoms with Crippen molar-refractivity contribution in [3.63, 3.8) is 0 Å². The van der Waals surface area contributed by atoms with E-state index in [0.717, 1.165) is 17.0 Å². The number of ether oxygens (including phenoxy) is 1. The van der Waals surface area contributed by atoms with Gasteiger partial charge < -0.3 is 15.0 Å². The van der Waals surface area contributed by atoms with Crippen molar-refractivity contribution < 1.29 is 14.3 Å². The van der Waals surface area contributed by atoms with Crippen molar-refractivity contribution in [3.05, 3.63) is 53.7 Å². The second-order valence-corrected chi connectivity index (χ2v) is 6.23. The molecule has 1 unspecified atom stereocenters. The highest BCUT2D eigenvalue weighted by atomic mass is 16.5. The summed E-state index contributed by atoms with van der Waals surface area (Å²) in [6.07, 6.45) is 0.625. The Morgan fingerprint density at radius 3 is 2.84 bits per heavy atom. The summed E-state index contributed by atoms with van der Waals surface area (Å²) in [6, 6.07) is 13.1. The van der Waals surface area contributed by atoms with Gasteiger partial charge in [0, 0.05) is 12.7 Å². The maximum Gasteiger partial charge on any atom is 0.245 e. The molecule has 1 N–H and O–H groups in total. The highest BCUT2D eigenvalue weighted by Gasteiger charge is 2.28. The number of hydrogen-bond donors (Lipinski definition) is 1. The molecule has 1 aromatic carbocycles. The molecular weight excluding hydrogens is 318 g/mol. The maximum atomic E-state index is 12.6. The van der Waals surface area contributed by atoms with E-state index in [9.17, 15) is 9.59 Å². The summed E-state index contributed by atoms with van der Waals surface area (Å²) < 4.78 is 5.66. The summed E-state index contributed by atoms with van der Waals surface area (Å²) in [4.78, 5) is 30.4. The Kier molecular flexibility index (Phi) is 4.97. The minimum atomic E-state index is -0.273. The number of fused-ring (bicyclic) bond motifs is 1. The Bertz CT molecular complexity index is 791. The predicted molar refractivity (Wildman–Crippen MR) is 94.4 cm³/mol. The molecule has 1 atom stereocenters. The Hall–Kier alpha value is -2.89. The highest BCUT2D eigenvalue weighted by Crippen LogP contribution is 2.27. The van der Waals surface area contributed by atoms with Gasteiger partial charge in [-0.1, -0.05) is 24.3 Å². The Labute approximate surface area is 146 Å². The van der Waals surface area contributed by atoms with E-state index in [-0.39, 0.29) is 24.3 Å². The molecule has 2 amide bonds. The van der Waals surface area contributed by atoms with Crippen LogP contribution in [0.3, 0.4) is 0 Å². The molecule has 0 aliphatic carbocycles. The molecule has 2 aromatic rings. The van der Waals surface area contributed by atoms with Crippen molar-refractivity contribution >= 4 is 17.6 Å². The molecule has 25 heavy (non-hydrogen) atoms. The van der Waals surface area contributed by atoms with Gasteiger partial charge >= 0.3 is 0 Å². The standard InChI is InChI=1S/C19H21N3O3/c1-13-6-5-9-17(20-13)21-18(23)11-22(2)19(24)15-10-14-7-3-4-8-16(14)25-12-15/h3-9,15H,10-12H2,1-2H3,(H,20,21,23). The minimum Gasteiger partial charge on any atom is -0.492 e. The molecular formula is C19H21N3O3. The van der Waals surface area contributed by atoms with Crippen LogP contribution in [0.1, 0.15) is 11.3 Å². The summed E-state index contributed by atoms with van der Waals surface area (Å²) in [7, 11) is 1.63. The largest absolute Gasteiger partial charge is 0.492 e. The van der Waals surface area contributed by atoms with Gasteiger partial charge in [-0.3, -0.25) is 9.59 Å². The number of likely N-dealkylation sites (N-methyl/N-ethyl adjacent to an activating group) is 1. The van der Waals surface area contributed by atoms with E-state index in [4.69, 9.17) is 4.74 Å². The summed E-state index contributed by atoms with van der Waals surface area (Å²) in [5.41, 5.74) is 1.84. The van der Waals surface area contributed by atoms with Gasteiger partial charge in [0.1, 0.15) is 18.2 Å². The number of amides is 2. The smallest absolute Gasteiger partial charge is 0.245 e. The number of hydrogen-bond acceptors (Lipinski definition) is 4. The molecule has 1 aromatic heterocycles. The van der Waals surface area contributed by atoms with Crippen LogP contribution in [0.4, 0.5) is 5.82 Å². The number of nitrogens with zero attached hydrogens (tertiary/aromatic N) is 2. The number of aryl methyl sites for hydroxylation is 1. The van der Waals surface area contributed by atoms with Gasteiger partial charge in [-0.05, 0) is 37.1 Å². The zero-order valence-electron chi connectivity index (χ0n) is 14.4. The Morgan fingerprint density at radius 2 is 2.04 bits per heavy atom. The molecule has 6 nitrogen and oxygen atoms in total. The number of aromatic nitrogens is 1. The van der Waals surface area contributed by atoms with Crippen LogP contribution in [0.5, 0.6) is 5.75 Å². The first-order chi connectivity index (χ1) is 12.0. The second-order valence-electron chi connectivity index (χ2n) is 6.23. The number of nitrogens with one attached hydrogen (secondary N) is 1. The van der Waals surface area contributed by atoms with Gasteiger partial charge in [-0.25, -0.2) is 4.98 Å². The lowest BCUT2D eigenvalue weighted by molar-refractivity contribution is -0.138. The topological polar surface area (TPSA) is 71.5 Å². The summed E-state index contributed by atoms with van der Waals surface area (Å²) in [5, 5.41) is 2.71. The van der Waals surface area contributed by atoms with Crippen LogP contribution in [0.25, 0.3) is 0 Å². The molecule has 130 valence electrons. The number of carbonyl (C=O) groups excluding carboxylic acids is 2. The van der Waals surface area contributed by atoms with Crippen molar-refractivity contribution in [1.82, 2.24) is 9.88 Å². The van der Waals surface area contributed by atoms with Gasteiger partial charge in [0.15, 0.2) is 0 Å². The van der Waals surface area contributed by atoms with Gasteiger partial charge in [0.2, 0.25) is 11.8 Å². The molecule has 0 radical (unpaired) electrons. The fourth-order valence-corrected chi connectivity index (χ4v) is 2.89. The third-order valence-electron chi connectivity index (χ3n) is 4.14. The van der Waals surface area contributed by atoms with Crippen LogP contribution in [0.2, 0.25) is 0 Å². The lowest BCUT2D eigenvalue weighted by Crippen LogP contribution is -2.42. The molecule has 1 aliphatic rings. The van der Waals surface area contributed by atoms with Gasteiger partial charge in [-0.2, -0.15) is 0 Å². The molecule has 2 heterocycles. The number of anilines is 1. The van der Waals surface area contributed by atoms with Gasteiger partial charge in [0.05, 0.1) is 12.5 Å². The average Bonchev–Trinajstić information content (AvgIpc) is 2.60. The van der Waals surface area contributed by atoms with Crippen LogP contribution < -0.4 is 10.1 Å². The molecule has 0 bridgehead atoms. The molecule has 0 saturated carbocycles. The third kappa shape index (κ3) is 4.15. The fourth-order valence-electron chi connectivity index (χ4n) is 2.89. The number of pyridine rings is 1. The molecule has 0 saturated heterocycles. The lowest BCUT2D eigenvalue weighted by Gasteiger charge is -2.28. The number of rotatable bonds is 4. The number of carbonyl (C=O) groups is 2. The van der Waals surface area contributed by atoms with E-state index in [1.54, 1.807) is 13.1 Å². The molecule has 6 heteroatoms. The number of benzene rings is 1. The Morgan fingerprint density at radius 1 is 1.24 bits per heavy atom. The zero-order chi connectivity index (χ0) is 17.8. The SMILES string of the molecule is Cc1cccc(NC(=O)CN(C)C(=O)C2COc3ccccc3C2)n1. The number of para-hydroxylation sites is 1. The van der Waals surface area contributed by atoms with Crippen LogP contribution in [0, 0.1) is 12.8 Å². The first-order valence-corrected chi connectivity index (χ1v) is 8.22. The van der Waals surface area contributed by atoms with E-state index in [0.29, 0.717) is 18.8 Å². The first-order valence-electron chi connectivity index (χ1n) is 8.22. The van der Waals surface area contributed by atoms with E-state index >= 15 is 0 Å². The molecule has 0 fully saturated rings. The maximum absolute atomic E-state index is 12.6. The van der Waals surface area contributed by atoms with E-state index < -0.39 is 0 Å². The zero-order valence-corrected chi connectivity index (χ0v) is 14.4. The van der Waals surface area contributed by atoms with E-state index in [1.165, 1.54) is 4.90 Å². The first kappa shape index (κ1) is 17.0. The second kappa shape index (κ2) is 7.34. The third-order valence-corrected chi connectivity index (χ3v) is 4.14. The summed E-state index contributed by atoms with van der Waals surface area (Å²) >= 11 is 0. The molecule has 0 spiro atoms. The molecule has 1 aliphatic heterocycles. The van der Waals surface area contributed by atoms with E-state index in [1.807, 2.05) is 43.3 Å². The van der Waals surface area contributed by atoms with Gasteiger partial charge in [0.25, 0.3) is 0 Å². The van der Waals surface area contributed by atoms with Crippen molar-refractivity contribution in [2.45, 2.75) is 13.3 Å². The monoisotopic (exact) mass is 339 g/mol. The van der Waals surface area contributed by atoms with Crippen molar-refractivity contribution in [2.24, 2.45) is 5.92 Å². The van der Waals surface area contributed by atoms with Crippen LogP contribution in [-0.4, -0.2) is 41.9 Å². The van der Waals surface area contributed by atoms with Crippen LogP contribution in [-0.2, 0) is 16.0 Å². The van der Waals surface area contributed by atoms with Crippen molar-refractivity contribution in [3.8, 4) is 5.75 Å². The van der Waals surface area contributed by atoms with Crippen LogP contribution in [0.15, 0.2) is 42.5 Å². The quantitative estimate of drug-likeness (QED) is 0.925. The normalized spacial score (nSPS) is 15.7. The fraction of sp³-hybridized carbons (Fsp3) is 0.316. The lowest BCUT2D eigenvalue weighted by atomic mass is 9.95. The average molecular weight is 339 g/mol. The minimum absolute atomic E-state index is 0.0212. The van der Waals surface area contributed by atoms with Crippen LogP contribution >= 0.6 is 0 Å². The summed E-state index contributed by atoms with van der Waals surface area (Å²) in [5.74, 6) is 0.677. The summed E-state index contributed by atoms with van der Waals surface area (Å²) in [6.45, 7) is 2.17.